The molecule has 6 nitrogen and oxygen atoms in total. The lowest BCUT2D eigenvalue weighted by atomic mass is 9.46. The molecule has 6 heteroatoms. The lowest BCUT2D eigenvalue weighted by Gasteiger charge is -2.63. The maximum atomic E-state index is 11.9. The number of hydrogen-bond acceptors (Lipinski definition) is 4. The number of esters is 1. The molecule has 140 valence electrons. The molecule has 4 fully saturated rings. The van der Waals surface area contributed by atoms with Crippen LogP contribution in [0.2, 0.25) is 0 Å². The van der Waals surface area contributed by atoms with Crippen LogP contribution >= 0.6 is 0 Å². The van der Waals surface area contributed by atoms with E-state index >= 15 is 0 Å². The predicted molar refractivity (Wildman–Crippen MR) is 95.3 cm³/mol. The molecule has 3 unspecified atom stereocenters. The van der Waals surface area contributed by atoms with Crippen LogP contribution in [0.3, 0.4) is 0 Å². The molecule has 0 aromatic heterocycles. The summed E-state index contributed by atoms with van der Waals surface area (Å²) in [4.78, 5) is 18.8. The minimum Gasteiger partial charge on any atom is -0.466 e. The highest BCUT2D eigenvalue weighted by Gasteiger charge is 2.66. The van der Waals surface area contributed by atoms with Gasteiger partial charge in [-0.05, 0) is 39.0 Å². The summed E-state index contributed by atoms with van der Waals surface area (Å²) in [5.74, 6) is 1.66. The number of likely N-dealkylation sites (tertiary alicyclic amines) is 1. The molecule has 0 aromatic carbocycles. The lowest BCUT2D eigenvalue weighted by Crippen LogP contribution is -2.72. The first-order valence-electron chi connectivity index (χ1n) is 9.96. The molecule has 1 spiro atoms. The Labute approximate surface area is 150 Å². The molecule has 2 heterocycles. The van der Waals surface area contributed by atoms with Gasteiger partial charge in [0, 0.05) is 44.1 Å². The summed E-state index contributed by atoms with van der Waals surface area (Å²) in [6.07, 6.45) is 7.25. The van der Waals surface area contributed by atoms with Crippen LogP contribution in [-0.4, -0.2) is 62.3 Å². The number of ether oxygens (including phenoxy) is 2. The number of nitrogens with zero attached hydrogens (tertiary/aromatic N) is 2. The Kier molecular flexibility index (Phi) is 4.65. The number of rotatable bonds is 3. The molecule has 2 aliphatic carbocycles. The average Bonchev–Trinajstić information content (AvgIpc) is 3.00. The first-order chi connectivity index (χ1) is 12.2. The molecular weight excluding hydrogens is 318 g/mol. The van der Waals surface area contributed by atoms with Crippen LogP contribution in [0.1, 0.15) is 45.4 Å². The Bertz CT molecular complexity index is 538. The van der Waals surface area contributed by atoms with Crippen molar-refractivity contribution in [3.05, 3.63) is 0 Å². The van der Waals surface area contributed by atoms with Gasteiger partial charge in [0.15, 0.2) is 5.96 Å². The number of piperidine rings is 1. The van der Waals surface area contributed by atoms with Gasteiger partial charge in [-0.3, -0.25) is 9.79 Å². The number of hydrogen-bond donors (Lipinski definition) is 1. The molecule has 4 rings (SSSR count). The van der Waals surface area contributed by atoms with Gasteiger partial charge >= 0.3 is 5.97 Å². The van der Waals surface area contributed by atoms with Gasteiger partial charge in [0.2, 0.25) is 0 Å². The third-order valence-electron chi connectivity index (χ3n) is 6.95. The monoisotopic (exact) mass is 349 g/mol. The van der Waals surface area contributed by atoms with Crippen LogP contribution in [0.15, 0.2) is 4.99 Å². The molecule has 0 bridgehead atoms. The third-order valence-corrected chi connectivity index (χ3v) is 6.95. The summed E-state index contributed by atoms with van der Waals surface area (Å²) in [5, 5.41) is 3.79. The summed E-state index contributed by atoms with van der Waals surface area (Å²) in [6, 6.07) is 0.509. The number of nitrogens with one attached hydrogen (secondary N) is 1. The molecule has 2 aliphatic heterocycles. The Hall–Kier alpha value is -1.30. The van der Waals surface area contributed by atoms with Gasteiger partial charge in [0.05, 0.1) is 18.6 Å². The molecule has 0 amide bonds. The van der Waals surface area contributed by atoms with Crippen molar-refractivity contribution in [1.82, 2.24) is 10.2 Å². The molecule has 4 aliphatic rings. The van der Waals surface area contributed by atoms with Crippen molar-refractivity contribution in [3.63, 3.8) is 0 Å². The molecule has 0 aromatic rings. The topological polar surface area (TPSA) is 63.2 Å². The van der Waals surface area contributed by atoms with E-state index in [1.807, 2.05) is 14.0 Å². The Balaban J connectivity index is 1.35. The Morgan fingerprint density at radius 2 is 2.08 bits per heavy atom. The normalized spacial score (nSPS) is 34.2. The van der Waals surface area contributed by atoms with Gasteiger partial charge in [-0.2, -0.15) is 0 Å². The van der Waals surface area contributed by atoms with Crippen LogP contribution in [0.25, 0.3) is 0 Å². The summed E-state index contributed by atoms with van der Waals surface area (Å²) in [5.41, 5.74) is 0.361. The summed E-state index contributed by atoms with van der Waals surface area (Å²) in [7, 11) is 1.87. The standard InChI is InChI=1S/C19H31N3O3/c1-3-24-17(23)13-5-10-22(11-6-13)18(20-2)21-15-14-7-12-25-16(14)19(15)8-4-9-19/h13-16H,3-12H2,1-2H3,(H,20,21). The number of guanidine groups is 1. The van der Waals surface area contributed by atoms with Crippen LogP contribution in [0.4, 0.5) is 0 Å². The van der Waals surface area contributed by atoms with Gasteiger partial charge in [-0.1, -0.05) is 6.42 Å². The van der Waals surface area contributed by atoms with E-state index in [0.29, 0.717) is 30.1 Å². The molecule has 25 heavy (non-hydrogen) atoms. The van der Waals surface area contributed by atoms with E-state index in [2.05, 4.69) is 15.2 Å². The van der Waals surface area contributed by atoms with E-state index < -0.39 is 0 Å². The quantitative estimate of drug-likeness (QED) is 0.478. The largest absolute Gasteiger partial charge is 0.466 e. The Morgan fingerprint density at radius 1 is 1.32 bits per heavy atom. The van der Waals surface area contributed by atoms with E-state index in [9.17, 15) is 4.79 Å². The lowest BCUT2D eigenvalue weighted by molar-refractivity contribution is -0.171. The second-order valence-corrected chi connectivity index (χ2v) is 8.01. The number of aliphatic imine (C=N–C) groups is 1. The van der Waals surface area contributed by atoms with Gasteiger partial charge < -0.3 is 19.7 Å². The minimum atomic E-state index is -0.0385. The van der Waals surface area contributed by atoms with Crippen LogP contribution < -0.4 is 5.32 Å². The fourth-order valence-corrected chi connectivity index (χ4v) is 5.48. The fourth-order valence-electron chi connectivity index (χ4n) is 5.48. The smallest absolute Gasteiger partial charge is 0.309 e. The van der Waals surface area contributed by atoms with Crippen LogP contribution in [0, 0.1) is 17.3 Å². The highest BCUT2D eigenvalue weighted by Crippen LogP contribution is 2.62. The van der Waals surface area contributed by atoms with Gasteiger partial charge in [-0.25, -0.2) is 0 Å². The maximum absolute atomic E-state index is 11.9. The first-order valence-corrected chi connectivity index (χ1v) is 9.96. The molecule has 1 N–H and O–H groups in total. The summed E-state index contributed by atoms with van der Waals surface area (Å²) < 4.78 is 11.2. The van der Waals surface area contributed by atoms with E-state index in [4.69, 9.17) is 9.47 Å². The van der Waals surface area contributed by atoms with Gasteiger partial charge in [0.25, 0.3) is 0 Å². The van der Waals surface area contributed by atoms with E-state index in [0.717, 1.165) is 38.5 Å². The molecule has 2 saturated carbocycles. The zero-order valence-electron chi connectivity index (χ0n) is 15.5. The SMILES string of the molecule is CCOC(=O)C1CCN(C(=NC)NC2C3CCOC3C23CCC3)CC1. The van der Waals surface area contributed by atoms with Crippen molar-refractivity contribution in [3.8, 4) is 0 Å². The Morgan fingerprint density at radius 3 is 2.68 bits per heavy atom. The predicted octanol–water partition coefficient (Wildman–Crippen LogP) is 1.79. The molecular formula is C19H31N3O3. The molecule has 3 atom stereocenters. The van der Waals surface area contributed by atoms with E-state index in [1.54, 1.807) is 0 Å². The second-order valence-electron chi connectivity index (χ2n) is 8.01. The van der Waals surface area contributed by atoms with Crippen LogP contribution in [-0.2, 0) is 14.3 Å². The number of carbonyl (C=O) groups is 1. The van der Waals surface area contributed by atoms with Crippen LogP contribution in [0.5, 0.6) is 0 Å². The van der Waals surface area contributed by atoms with Gasteiger partial charge in [0.1, 0.15) is 0 Å². The van der Waals surface area contributed by atoms with Gasteiger partial charge in [-0.15, -0.1) is 0 Å². The fraction of sp³-hybridized carbons (Fsp3) is 0.895. The summed E-state index contributed by atoms with van der Waals surface area (Å²) in [6.45, 7) is 4.99. The van der Waals surface area contributed by atoms with Crippen molar-refractivity contribution in [1.29, 1.82) is 0 Å². The number of carbonyl (C=O) groups excluding carboxylic acids is 1. The average molecular weight is 349 g/mol. The van der Waals surface area contributed by atoms with Crippen molar-refractivity contribution < 1.29 is 14.3 Å². The van der Waals surface area contributed by atoms with Crippen molar-refractivity contribution in [2.24, 2.45) is 22.2 Å². The minimum absolute atomic E-state index is 0.0385. The first kappa shape index (κ1) is 17.1. The van der Waals surface area contributed by atoms with E-state index in [-0.39, 0.29) is 11.9 Å². The highest BCUT2D eigenvalue weighted by atomic mass is 16.5. The van der Waals surface area contributed by atoms with Crippen molar-refractivity contribution in [2.45, 2.75) is 57.6 Å². The maximum Gasteiger partial charge on any atom is 0.309 e. The van der Waals surface area contributed by atoms with E-state index in [1.165, 1.54) is 25.7 Å². The van der Waals surface area contributed by atoms with Crippen molar-refractivity contribution in [2.75, 3.05) is 33.4 Å². The third kappa shape index (κ3) is 2.73. The second kappa shape index (κ2) is 6.78. The summed E-state index contributed by atoms with van der Waals surface area (Å²) >= 11 is 0. The van der Waals surface area contributed by atoms with Crippen molar-refractivity contribution >= 4 is 11.9 Å². The number of fused-ring (bicyclic) bond motifs is 2. The highest BCUT2D eigenvalue weighted by molar-refractivity contribution is 5.81. The zero-order valence-corrected chi connectivity index (χ0v) is 15.5. The molecule has 0 radical (unpaired) electrons. The molecule has 2 saturated heterocycles. The zero-order chi connectivity index (χ0) is 17.4.